The van der Waals surface area contributed by atoms with Crippen molar-refractivity contribution in [1.82, 2.24) is 15.1 Å². The summed E-state index contributed by atoms with van der Waals surface area (Å²) < 4.78 is 1.68. The summed E-state index contributed by atoms with van der Waals surface area (Å²) in [7, 11) is 1.80. The Labute approximate surface area is 122 Å². The molecule has 21 heavy (non-hydrogen) atoms. The number of fused-ring (bicyclic) bond motifs is 1. The van der Waals surface area contributed by atoms with Gasteiger partial charge in [-0.3, -0.25) is 9.48 Å². The quantitative estimate of drug-likeness (QED) is 0.333. The van der Waals surface area contributed by atoms with Gasteiger partial charge in [-0.05, 0) is 12.5 Å². The van der Waals surface area contributed by atoms with Gasteiger partial charge in [-0.1, -0.05) is 30.3 Å². The number of hydrogen-bond acceptors (Lipinski definition) is 4. The first-order chi connectivity index (χ1) is 10.1. The maximum absolute atomic E-state index is 12.4. The van der Waals surface area contributed by atoms with Gasteiger partial charge >= 0.3 is 0 Å². The highest BCUT2D eigenvalue weighted by molar-refractivity contribution is 6.05. The molecule has 1 heterocycles. The molecular formula is C14H19N5O2. The first-order valence-corrected chi connectivity index (χ1v) is 6.75. The molecule has 7 nitrogen and oxygen atoms in total. The molecule has 2 rings (SSSR count). The maximum Gasteiger partial charge on any atom is 0.272 e. The third-order valence-corrected chi connectivity index (χ3v) is 3.38. The van der Waals surface area contributed by atoms with E-state index in [2.05, 4.69) is 15.6 Å². The van der Waals surface area contributed by atoms with Gasteiger partial charge in [-0.15, -0.1) is 0 Å². The number of aryl methyl sites for hydroxylation is 1. The Morgan fingerprint density at radius 2 is 2.24 bits per heavy atom. The zero-order valence-electron chi connectivity index (χ0n) is 12.1. The lowest BCUT2D eigenvalue weighted by Crippen LogP contribution is -2.37. The van der Waals surface area contributed by atoms with Crippen molar-refractivity contribution in [3.63, 3.8) is 0 Å². The molecule has 0 spiro atoms. The minimum absolute atomic E-state index is 0.0908. The van der Waals surface area contributed by atoms with Crippen LogP contribution in [0.1, 0.15) is 30.3 Å². The van der Waals surface area contributed by atoms with Crippen LogP contribution in [0.25, 0.3) is 10.9 Å². The molecule has 112 valence electrons. The van der Waals surface area contributed by atoms with E-state index < -0.39 is 0 Å². The number of carbonyl (C=O) groups excluding carboxylic acids is 1. The minimum Gasteiger partial charge on any atom is -0.409 e. The fourth-order valence-electron chi connectivity index (χ4n) is 2.23. The SMILES string of the molecule is CCC(C/C(N)=N/O)NC(=O)c1nn(C)c2ccccc12. The van der Waals surface area contributed by atoms with Crippen LogP contribution >= 0.6 is 0 Å². The summed E-state index contributed by atoms with van der Waals surface area (Å²) >= 11 is 0. The fourth-order valence-corrected chi connectivity index (χ4v) is 2.23. The molecule has 0 radical (unpaired) electrons. The normalized spacial score (nSPS) is 13.3. The summed E-state index contributed by atoms with van der Waals surface area (Å²) in [6.07, 6.45) is 0.968. The topological polar surface area (TPSA) is 106 Å². The molecule has 4 N–H and O–H groups in total. The van der Waals surface area contributed by atoms with Crippen molar-refractivity contribution in [1.29, 1.82) is 0 Å². The van der Waals surface area contributed by atoms with Crippen LogP contribution in [0, 0.1) is 0 Å². The molecule has 2 aromatic rings. The van der Waals surface area contributed by atoms with E-state index in [1.165, 1.54) is 0 Å². The van der Waals surface area contributed by atoms with Crippen molar-refractivity contribution in [2.75, 3.05) is 0 Å². The van der Waals surface area contributed by atoms with Crippen LogP contribution in [0.2, 0.25) is 0 Å². The van der Waals surface area contributed by atoms with Crippen LogP contribution in [-0.4, -0.2) is 32.8 Å². The van der Waals surface area contributed by atoms with Gasteiger partial charge in [0.2, 0.25) is 0 Å². The number of nitrogens with one attached hydrogen (secondary N) is 1. The zero-order valence-corrected chi connectivity index (χ0v) is 12.1. The Balaban J connectivity index is 2.22. The number of carbonyl (C=O) groups is 1. The summed E-state index contributed by atoms with van der Waals surface area (Å²) in [4.78, 5) is 12.4. The predicted octanol–water partition coefficient (Wildman–Crippen LogP) is 1.22. The second-order valence-electron chi connectivity index (χ2n) is 4.86. The highest BCUT2D eigenvalue weighted by Gasteiger charge is 2.19. The zero-order chi connectivity index (χ0) is 15.4. The third kappa shape index (κ3) is 3.13. The largest absolute Gasteiger partial charge is 0.409 e. The average molecular weight is 289 g/mol. The summed E-state index contributed by atoms with van der Waals surface area (Å²) in [5.41, 5.74) is 6.76. The van der Waals surface area contributed by atoms with Gasteiger partial charge in [0, 0.05) is 24.9 Å². The smallest absolute Gasteiger partial charge is 0.272 e. The number of amides is 1. The van der Waals surface area contributed by atoms with Crippen molar-refractivity contribution < 1.29 is 10.0 Å². The Hall–Kier alpha value is -2.57. The number of oxime groups is 1. The number of amidine groups is 1. The highest BCUT2D eigenvalue weighted by atomic mass is 16.4. The third-order valence-electron chi connectivity index (χ3n) is 3.38. The van der Waals surface area contributed by atoms with Crippen molar-refractivity contribution in [3.05, 3.63) is 30.0 Å². The number of nitrogens with zero attached hydrogens (tertiary/aromatic N) is 3. The summed E-state index contributed by atoms with van der Waals surface area (Å²) in [6, 6.07) is 7.34. The summed E-state index contributed by atoms with van der Waals surface area (Å²) in [5, 5.41) is 19.5. The van der Waals surface area contributed by atoms with Crippen molar-refractivity contribution in [2.45, 2.75) is 25.8 Å². The molecule has 0 aliphatic rings. The maximum atomic E-state index is 12.4. The second kappa shape index (κ2) is 6.25. The lowest BCUT2D eigenvalue weighted by atomic mass is 10.1. The van der Waals surface area contributed by atoms with Crippen LogP contribution in [0.3, 0.4) is 0 Å². The van der Waals surface area contributed by atoms with Crippen LogP contribution in [-0.2, 0) is 7.05 Å². The first kappa shape index (κ1) is 14.8. The van der Waals surface area contributed by atoms with Crippen molar-refractivity contribution in [3.8, 4) is 0 Å². The van der Waals surface area contributed by atoms with Crippen LogP contribution in [0.15, 0.2) is 29.4 Å². The van der Waals surface area contributed by atoms with Gasteiger partial charge in [0.1, 0.15) is 5.84 Å². The first-order valence-electron chi connectivity index (χ1n) is 6.75. The van der Waals surface area contributed by atoms with Crippen molar-refractivity contribution in [2.24, 2.45) is 17.9 Å². The van der Waals surface area contributed by atoms with E-state index in [1.807, 2.05) is 31.2 Å². The molecule has 1 amide bonds. The van der Waals surface area contributed by atoms with Crippen LogP contribution < -0.4 is 11.1 Å². The number of benzene rings is 1. The highest BCUT2D eigenvalue weighted by Crippen LogP contribution is 2.17. The predicted molar refractivity (Wildman–Crippen MR) is 80.3 cm³/mol. The number of hydrogen-bond donors (Lipinski definition) is 3. The monoisotopic (exact) mass is 289 g/mol. The van der Waals surface area contributed by atoms with Gasteiger partial charge in [-0.2, -0.15) is 5.10 Å². The Morgan fingerprint density at radius 1 is 1.52 bits per heavy atom. The Morgan fingerprint density at radius 3 is 2.90 bits per heavy atom. The fraction of sp³-hybridized carbons (Fsp3) is 0.357. The molecule has 0 fully saturated rings. The minimum atomic E-state index is -0.260. The van der Waals surface area contributed by atoms with Crippen molar-refractivity contribution >= 4 is 22.6 Å². The molecule has 1 atom stereocenters. The van der Waals surface area contributed by atoms with Gasteiger partial charge in [0.15, 0.2) is 5.69 Å². The molecule has 0 saturated heterocycles. The molecule has 0 aliphatic heterocycles. The van der Waals surface area contributed by atoms with Gasteiger partial charge < -0.3 is 16.3 Å². The number of nitrogens with two attached hydrogens (primary N) is 1. The van der Waals surface area contributed by atoms with E-state index >= 15 is 0 Å². The lowest BCUT2D eigenvalue weighted by Gasteiger charge is -2.15. The van der Waals surface area contributed by atoms with E-state index in [-0.39, 0.29) is 17.8 Å². The average Bonchev–Trinajstić information content (AvgIpc) is 2.84. The second-order valence-corrected chi connectivity index (χ2v) is 4.86. The summed E-state index contributed by atoms with van der Waals surface area (Å²) in [6.45, 7) is 1.92. The molecule has 0 bridgehead atoms. The van der Waals surface area contributed by atoms with Crippen LogP contribution in [0.4, 0.5) is 0 Å². The standard InChI is InChI=1S/C14H19N5O2/c1-3-9(8-12(15)18-21)16-14(20)13-10-6-4-5-7-11(10)19(2)17-13/h4-7,9,21H,3,8H2,1-2H3,(H2,15,18)(H,16,20). The molecule has 1 aromatic heterocycles. The summed E-state index contributed by atoms with van der Waals surface area (Å²) in [5.74, 6) is -0.169. The number of para-hydroxylation sites is 1. The molecular weight excluding hydrogens is 270 g/mol. The Kier molecular flexibility index (Phi) is 4.42. The van der Waals surface area contributed by atoms with Crippen LogP contribution in [0.5, 0.6) is 0 Å². The van der Waals surface area contributed by atoms with E-state index in [4.69, 9.17) is 10.9 Å². The van der Waals surface area contributed by atoms with E-state index in [0.29, 0.717) is 18.5 Å². The Bertz CT molecular complexity index is 677. The molecule has 1 unspecified atom stereocenters. The van der Waals surface area contributed by atoms with Gasteiger partial charge in [0.05, 0.1) is 5.52 Å². The lowest BCUT2D eigenvalue weighted by molar-refractivity contribution is 0.0932. The van der Waals surface area contributed by atoms with E-state index in [1.54, 1.807) is 11.7 Å². The van der Waals surface area contributed by atoms with E-state index in [0.717, 1.165) is 10.9 Å². The molecule has 1 aromatic carbocycles. The number of rotatable bonds is 5. The number of aromatic nitrogens is 2. The molecule has 0 saturated carbocycles. The van der Waals surface area contributed by atoms with Gasteiger partial charge in [-0.25, -0.2) is 0 Å². The molecule has 7 heteroatoms. The van der Waals surface area contributed by atoms with Gasteiger partial charge in [0.25, 0.3) is 5.91 Å². The van der Waals surface area contributed by atoms with E-state index in [9.17, 15) is 4.79 Å². The molecule has 0 aliphatic carbocycles.